The number of aliphatic hydroxyl groups is 1. The lowest BCUT2D eigenvalue weighted by atomic mass is 9.98. The van der Waals surface area contributed by atoms with Gasteiger partial charge in [0, 0.05) is 6.20 Å². The van der Waals surface area contributed by atoms with E-state index in [2.05, 4.69) is 4.98 Å². The van der Waals surface area contributed by atoms with Crippen LogP contribution in [0.4, 0.5) is 0 Å². The van der Waals surface area contributed by atoms with E-state index in [1.165, 1.54) is 12.3 Å². The number of rotatable bonds is 3. The smallest absolute Gasteiger partial charge is 0.336 e. The average molecular weight is 267 g/mol. The standard InChI is InChI=1S/C16H13NO3/c18-15(10-4-2-1-3-5-10)11-8-13-12(16(19)20)6-7-17-14(13)9-11/h1-7,9,15,18H,8H2,(H,19,20). The molecule has 2 N–H and O–H groups in total. The third kappa shape index (κ3) is 2.10. The Kier molecular flexibility index (Phi) is 3.08. The number of aromatic carboxylic acids is 1. The van der Waals surface area contributed by atoms with Crippen LogP contribution in [0.15, 0.2) is 48.2 Å². The molecule has 1 aromatic heterocycles. The summed E-state index contributed by atoms with van der Waals surface area (Å²) in [5.74, 6) is -0.965. The molecule has 1 aliphatic carbocycles. The van der Waals surface area contributed by atoms with Gasteiger partial charge in [-0.2, -0.15) is 0 Å². The van der Waals surface area contributed by atoms with Crippen molar-refractivity contribution in [3.05, 3.63) is 70.6 Å². The van der Waals surface area contributed by atoms with Crippen LogP contribution in [0.5, 0.6) is 0 Å². The number of hydrogen-bond donors (Lipinski definition) is 2. The van der Waals surface area contributed by atoms with Crippen molar-refractivity contribution < 1.29 is 15.0 Å². The van der Waals surface area contributed by atoms with Crippen molar-refractivity contribution in [3.63, 3.8) is 0 Å². The lowest BCUT2D eigenvalue weighted by molar-refractivity contribution is 0.0695. The normalized spacial score (nSPS) is 14.6. The molecule has 0 radical (unpaired) electrons. The van der Waals surface area contributed by atoms with Crippen molar-refractivity contribution >= 4 is 12.0 Å². The molecule has 0 amide bonds. The highest BCUT2D eigenvalue weighted by molar-refractivity contribution is 5.91. The van der Waals surface area contributed by atoms with Gasteiger partial charge in [-0.25, -0.2) is 4.79 Å². The summed E-state index contributed by atoms with van der Waals surface area (Å²) < 4.78 is 0. The molecule has 0 aliphatic heterocycles. The maximum atomic E-state index is 11.2. The van der Waals surface area contributed by atoms with Crippen LogP contribution in [0, 0.1) is 0 Å². The Morgan fingerprint density at radius 2 is 1.95 bits per heavy atom. The molecule has 0 saturated heterocycles. The van der Waals surface area contributed by atoms with E-state index >= 15 is 0 Å². The summed E-state index contributed by atoms with van der Waals surface area (Å²) in [6.07, 6.45) is 2.95. The summed E-state index contributed by atoms with van der Waals surface area (Å²) in [5.41, 5.74) is 3.12. The van der Waals surface area contributed by atoms with Crippen LogP contribution >= 0.6 is 0 Å². The van der Waals surface area contributed by atoms with Crippen molar-refractivity contribution in [2.45, 2.75) is 12.5 Å². The molecule has 0 fully saturated rings. The number of benzene rings is 1. The summed E-state index contributed by atoms with van der Waals surface area (Å²) in [7, 11) is 0. The first-order valence-corrected chi connectivity index (χ1v) is 6.31. The number of nitrogens with zero attached hydrogens (tertiary/aromatic N) is 1. The first-order valence-electron chi connectivity index (χ1n) is 6.31. The second-order valence-electron chi connectivity index (χ2n) is 4.74. The van der Waals surface area contributed by atoms with Crippen molar-refractivity contribution in [3.8, 4) is 0 Å². The molecule has 20 heavy (non-hydrogen) atoms. The molecule has 3 rings (SSSR count). The van der Waals surface area contributed by atoms with E-state index in [4.69, 9.17) is 0 Å². The van der Waals surface area contributed by atoms with Gasteiger partial charge in [0.2, 0.25) is 0 Å². The first kappa shape index (κ1) is 12.6. The monoisotopic (exact) mass is 267 g/mol. The molecule has 4 nitrogen and oxygen atoms in total. The van der Waals surface area contributed by atoms with Gasteiger partial charge in [-0.1, -0.05) is 30.3 Å². The molecular weight excluding hydrogens is 254 g/mol. The Morgan fingerprint density at radius 3 is 2.65 bits per heavy atom. The molecule has 1 atom stereocenters. The summed E-state index contributed by atoms with van der Waals surface area (Å²) >= 11 is 0. The number of pyridine rings is 1. The lowest BCUT2D eigenvalue weighted by Crippen LogP contribution is -2.05. The van der Waals surface area contributed by atoms with Crippen LogP contribution in [-0.4, -0.2) is 21.2 Å². The molecule has 1 aliphatic rings. The summed E-state index contributed by atoms with van der Waals surface area (Å²) in [6, 6.07) is 10.8. The topological polar surface area (TPSA) is 70.4 Å². The van der Waals surface area contributed by atoms with Gasteiger partial charge in [-0.05, 0) is 35.3 Å². The van der Waals surface area contributed by atoms with Crippen LogP contribution in [0.3, 0.4) is 0 Å². The SMILES string of the molecule is O=C(O)c1ccnc2c1CC(C(O)c1ccccc1)=C2. The fourth-order valence-electron chi connectivity index (χ4n) is 2.47. The maximum Gasteiger partial charge on any atom is 0.336 e. The fraction of sp³-hybridized carbons (Fsp3) is 0.125. The second kappa shape index (κ2) is 4.90. The van der Waals surface area contributed by atoms with E-state index < -0.39 is 12.1 Å². The number of hydrogen-bond acceptors (Lipinski definition) is 3. The molecule has 1 heterocycles. The van der Waals surface area contributed by atoms with E-state index in [1.807, 2.05) is 30.3 Å². The number of aliphatic hydroxyl groups excluding tert-OH is 1. The molecule has 4 heteroatoms. The Hall–Kier alpha value is -2.46. The molecular formula is C16H13NO3. The number of carboxylic acid groups (broad SMARTS) is 1. The van der Waals surface area contributed by atoms with Gasteiger partial charge in [-0.15, -0.1) is 0 Å². The zero-order valence-electron chi connectivity index (χ0n) is 10.7. The second-order valence-corrected chi connectivity index (χ2v) is 4.74. The van der Waals surface area contributed by atoms with Crippen LogP contribution in [0.1, 0.15) is 33.3 Å². The van der Waals surface area contributed by atoms with Crippen molar-refractivity contribution in [1.82, 2.24) is 4.98 Å². The zero-order chi connectivity index (χ0) is 14.1. The Morgan fingerprint density at radius 1 is 1.20 bits per heavy atom. The van der Waals surface area contributed by atoms with Gasteiger partial charge in [0.05, 0.1) is 11.3 Å². The van der Waals surface area contributed by atoms with Gasteiger partial charge in [0.25, 0.3) is 0 Å². The van der Waals surface area contributed by atoms with Gasteiger partial charge in [-0.3, -0.25) is 4.98 Å². The predicted molar refractivity (Wildman–Crippen MR) is 74.3 cm³/mol. The van der Waals surface area contributed by atoms with Gasteiger partial charge < -0.3 is 10.2 Å². The van der Waals surface area contributed by atoms with Crippen LogP contribution < -0.4 is 0 Å². The minimum Gasteiger partial charge on any atom is -0.478 e. The van der Waals surface area contributed by atoms with Crippen LogP contribution in [0.25, 0.3) is 6.08 Å². The third-order valence-electron chi connectivity index (χ3n) is 3.49. The minimum atomic E-state index is -0.965. The Labute approximate surface area is 116 Å². The summed E-state index contributed by atoms with van der Waals surface area (Å²) in [4.78, 5) is 15.4. The van der Waals surface area contributed by atoms with E-state index in [0.29, 0.717) is 17.7 Å². The lowest BCUT2D eigenvalue weighted by Gasteiger charge is -2.12. The Balaban J connectivity index is 1.94. The molecule has 1 aromatic carbocycles. The highest BCUT2D eigenvalue weighted by Gasteiger charge is 2.24. The largest absolute Gasteiger partial charge is 0.478 e. The fourth-order valence-corrected chi connectivity index (χ4v) is 2.47. The van der Waals surface area contributed by atoms with Gasteiger partial charge >= 0.3 is 5.97 Å². The van der Waals surface area contributed by atoms with E-state index in [9.17, 15) is 15.0 Å². The maximum absolute atomic E-state index is 11.2. The highest BCUT2D eigenvalue weighted by atomic mass is 16.4. The Bertz CT molecular complexity index is 692. The summed E-state index contributed by atoms with van der Waals surface area (Å²) in [5, 5.41) is 19.6. The van der Waals surface area contributed by atoms with Crippen molar-refractivity contribution in [1.29, 1.82) is 0 Å². The molecule has 100 valence electrons. The highest BCUT2D eigenvalue weighted by Crippen LogP contribution is 2.33. The predicted octanol–water partition coefficient (Wildman–Crippen LogP) is 2.45. The molecule has 0 saturated carbocycles. The van der Waals surface area contributed by atoms with E-state index in [1.54, 1.807) is 6.08 Å². The van der Waals surface area contributed by atoms with Gasteiger partial charge in [0.15, 0.2) is 0 Å². The molecule has 1 unspecified atom stereocenters. The van der Waals surface area contributed by atoms with Crippen molar-refractivity contribution in [2.24, 2.45) is 0 Å². The van der Waals surface area contributed by atoms with Crippen molar-refractivity contribution in [2.75, 3.05) is 0 Å². The van der Waals surface area contributed by atoms with E-state index in [-0.39, 0.29) is 5.56 Å². The number of fused-ring (bicyclic) bond motifs is 1. The zero-order valence-corrected chi connectivity index (χ0v) is 10.7. The third-order valence-corrected chi connectivity index (χ3v) is 3.49. The van der Waals surface area contributed by atoms with E-state index in [0.717, 1.165) is 11.1 Å². The van der Waals surface area contributed by atoms with Crippen LogP contribution in [0.2, 0.25) is 0 Å². The molecule has 0 bridgehead atoms. The summed E-state index contributed by atoms with van der Waals surface area (Å²) in [6.45, 7) is 0. The number of aromatic nitrogens is 1. The number of carbonyl (C=O) groups is 1. The van der Waals surface area contributed by atoms with Gasteiger partial charge in [0.1, 0.15) is 6.10 Å². The number of carboxylic acids is 1. The average Bonchev–Trinajstić information content (AvgIpc) is 2.90. The first-order chi connectivity index (χ1) is 9.66. The molecule has 2 aromatic rings. The minimum absolute atomic E-state index is 0.251. The molecule has 0 spiro atoms. The van der Waals surface area contributed by atoms with Crippen LogP contribution in [-0.2, 0) is 6.42 Å². The quantitative estimate of drug-likeness (QED) is 0.896.